The van der Waals surface area contributed by atoms with Crippen LogP contribution in [-0.2, 0) is 0 Å². The summed E-state index contributed by atoms with van der Waals surface area (Å²) in [6, 6.07) is 27.7. The van der Waals surface area contributed by atoms with Crippen molar-refractivity contribution in [1.82, 2.24) is 0 Å². The highest BCUT2D eigenvalue weighted by Crippen LogP contribution is 2.30. The maximum Gasteiger partial charge on any atom is 0.269 e. The van der Waals surface area contributed by atoms with Crippen LogP contribution in [-0.4, -0.2) is 49.7 Å². The Bertz CT molecular complexity index is 1540. The van der Waals surface area contributed by atoms with Gasteiger partial charge >= 0.3 is 0 Å². The maximum atomic E-state index is 11.3. The van der Waals surface area contributed by atoms with E-state index in [2.05, 4.69) is 0 Å². The number of non-ortho nitro benzene ring substituents is 2. The largest absolute Gasteiger partial charge is 0.378 e. The fourth-order valence-corrected chi connectivity index (χ4v) is 4.34. The molecule has 0 fully saturated rings. The number of hydrazone groups is 2. The van der Waals surface area contributed by atoms with Crippen molar-refractivity contribution in [3.8, 4) is 0 Å². The van der Waals surface area contributed by atoms with Crippen molar-refractivity contribution in [3.05, 3.63) is 128 Å². The Balaban J connectivity index is 1.69. The predicted molar refractivity (Wildman–Crippen MR) is 166 cm³/mol. The van der Waals surface area contributed by atoms with E-state index in [1.807, 2.05) is 86.5 Å². The fourth-order valence-electron chi connectivity index (χ4n) is 4.34. The summed E-state index contributed by atoms with van der Waals surface area (Å²) in [5.74, 6) is 0.919. The van der Waals surface area contributed by atoms with Crippen LogP contribution in [0.15, 0.2) is 107 Å². The third-order valence-electron chi connectivity index (χ3n) is 6.68. The molecule has 1 aliphatic heterocycles. The van der Waals surface area contributed by atoms with Gasteiger partial charge in [0.05, 0.1) is 21.2 Å². The summed E-state index contributed by atoms with van der Waals surface area (Å²) in [5, 5.41) is 36.0. The molecule has 5 rings (SSSR count). The van der Waals surface area contributed by atoms with E-state index in [0.29, 0.717) is 23.0 Å². The standard InChI is InChI=1S/C30H28N8O4/c1-33(2)23-9-5-21(6-10-23)29-31-36(26-15-19-28(20-16-26)38(41)42)30(22-7-11-24(12-8-22)34(3)4)32-35(29)25-13-17-27(18-14-25)37(39)40/h5-20H,1-4H3. The second-order valence-electron chi connectivity index (χ2n) is 9.90. The molecule has 1 heterocycles. The highest BCUT2D eigenvalue weighted by molar-refractivity contribution is 6.19. The third kappa shape index (κ3) is 5.59. The predicted octanol–water partition coefficient (Wildman–Crippen LogP) is 5.69. The zero-order valence-corrected chi connectivity index (χ0v) is 23.4. The molecular formula is C30H28N8O4. The van der Waals surface area contributed by atoms with Crippen molar-refractivity contribution in [2.24, 2.45) is 10.2 Å². The summed E-state index contributed by atoms with van der Waals surface area (Å²) in [7, 11) is 7.80. The molecule has 0 aromatic heterocycles. The van der Waals surface area contributed by atoms with E-state index in [-0.39, 0.29) is 11.4 Å². The molecule has 212 valence electrons. The van der Waals surface area contributed by atoms with Gasteiger partial charge in [0.15, 0.2) is 11.7 Å². The van der Waals surface area contributed by atoms with Crippen molar-refractivity contribution >= 4 is 45.8 Å². The smallest absolute Gasteiger partial charge is 0.269 e. The lowest BCUT2D eigenvalue weighted by Crippen LogP contribution is -2.41. The fraction of sp³-hybridized carbons (Fsp3) is 0.133. The molecule has 0 amide bonds. The van der Waals surface area contributed by atoms with Crippen molar-refractivity contribution in [1.29, 1.82) is 0 Å². The molecule has 12 heteroatoms. The Labute approximate surface area is 242 Å². The van der Waals surface area contributed by atoms with Crippen LogP contribution in [0, 0.1) is 20.2 Å². The molecule has 0 unspecified atom stereocenters. The van der Waals surface area contributed by atoms with Crippen LogP contribution in [0.25, 0.3) is 0 Å². The first-order chi connectivity index (χ1) is 20.1. The molecule has 4 aromatic rings. The lowest BCUT2D eigenvalue weighted by atomic mass is 10.1. The van der Waals surface area contributed by atoms with Gasteiger partial charge in [0.2, 0.25) is 0 Å². The van der Waals surface area contributed by atoms with Crippen LogP contribution in [0.5, 0.6) is 0 Å². The Kier molecular flexibility index (Phi) is 7.52. The maximum absolute atomic E-state index is 11.3. The summed E-state index contributed by atoms with van der Waals surface area (Å²) < 4.78 is 0. The highest BCUT2D eigenvalue weighted by Gasteiger charge is 2.29. The monoisotopic (exact) mass is 564 g/mol. The van der Waals surface area contributed by atoms with Crippen molar-refractivity contribution in [2.75, 3.05) is 48.0 Å². The molecule has 12 nitrogen and oxygen atoms in total. The van der Waals surface area contributed by atoms with E-state index in [4.69, 9.17) is 10.2 Å². The SMILES string of the molecule is CN(C)c1ccc(C2=NN(c3ccc([N+](=O)[O-])cc3)C(c3ccc(N(C)C)cc3)=NN2c2ccc([N+](=O)[O-])cc2)cc1. The van der Waals surface area contributed by atoms with Gasteiger partial charge in [-0.1, -0.05) is 0 Å². The zero-order valence-electron chi connectivity index (χ0n) is 23.4. The minimum atomic E-state index is -0.452. The van der Waals surface area contributed by atoms with Crippen LogP contribution in [0.4, 0.5) is 34.1 Å². The molecule has 0 bridgehead atoms. The molecule has 1 aliphatic rings. The van der Waals surface area contributed by atoms with Crippen molar-refractivity contribution in [3.63, 3.8) is 0 Å². The summed E-state index contributed by atoms with van der Waals surface area (Å²) in [6.07, 6.45) is 0. The number of nitrogens with zero attached hydrogens (tertiary/aromatic N) is 8. The molecule has 0 atom stereocenters. The molecule has 42 heavy (non-hydrogen) atoms. The summed E-state index contributed by atoms with van der Waals surface area (Å²) >= 11 is 0. The van der Waals surface area contributed by atoms with E-state index in [9.17, 15) is 20.2 Å². The van der Waals surface area contributed by atoms with Gasteiger partial charge in [0, 0.05) is 75.0 Å². The first-order valence-electron chi connectivity index (χ1n) is 12.9. The van der Waals surface area contributed by atoms with Crippen LogP contribution in [0.2, 0.25) is 0 Å². The Hall–Kier alpha value is -5.78. The summed E-state index contributed by atoms with van der Waals surface area (Å²) in [5.41, 5.74) is 4.54. The van der Waals surface area contributed by atoms with Gasteiger partial charge in [-0.3, -0.25) is 20.2 Å². The van der Waals surface area contributed by atoms with Gasteiger partial charge in [0.25, 0.3) is 11.4 Å². The van der Waals surface area contributed by atoms with Crippen LogP contribution < -0.4 is 19.8 Å². The van der Waals surface area contributed by atoms with E-state index < -0.39 is 9.85 Å². The Morgan fingerprint density at radius 1 is 0.524 bits per heavy atom. The average Bonchev–Trinajstić information content (AvgIpc) is 3.00. The number of nitro groups is 2. The highest BCUT2D eigenvalue weighted by atomic mass is 16.6. The summed E-state index contributed by atoms with van der Waals surface area (Å²) in [4.78, 5) is 25.7. The molecular weight excluding hydrogens is 536 g/mol. The molecule has 4 aromatic carbocycles. The Morgan fingerprint density at radius 3 is 1.10 bits per heavy atom. The number of hydrogen-bond acceptors (Lipinski definition) is 10. The molecule has 0 saturated carbocycles. The lowest BCUT2D eigenvalue weighted by molar-refractivity contribution is -0.385. The first-order valence-corrected chi connectivity index (χ1v) is 12.9. The molecule has 0 saturated heterocycles. The number of benzene rings is 4. The number of amidine groups is 2. The topological polar surface area (TPSA) is 124 Å². The number of anilines is 4. The molecule has 0 radical (unpaired) electrons. The molecule has 0 N–H and O–H groups in total. The van der Waals surface area contributed by atoms with Gasteiger partial charge in [0.1, 0.15) is 0 Å². The number of hydrogen-bond donors (Lipinski definition) is 0. The van der Waals surface area contributed by atoms with E-state index in [1.54, 1.807) is 34.3 Å². The summed E-state index contributed by atoms with van der Waals surface area (Å²) in [6.45, 7) is 0. The second-order valence-corrected chi connectivity index (χ2v) is 9.90. The van der Waals surface area contributed by atoms with Gasteiger partial charge in [-0.05, 0) is 72.8 Å². The van der Waals surface area contributed by atoms with Gasteiger partial charge in [-0.25, -0.2) is 10.0 Å². The van der Waals surface area contributed by atoms with Crippen LogP contribution in [0.1, 0.15) is 11.1 Å². The molecule has 0 spiro atoms. The van der Waals surface area contributed by atoms with E-state index >= 15 is 0 Å². The van der Waals surface area contributed by atoms with Crippen LogP contribution in [0.3, 0.4) is 0 Å². The zero-order chi connectivity index (χ0) is 30.0. The quantitative estimate of drug-likeness (QED) is 0.198. The normalized spacial score (nSPS) is 12.9. The minimum Gasteiger partial charge on any atom is -0.378 e. The number of rotatable bonds is 8. The van der Waals surface area contributed by atoms with E-state index in [1.165, 1.54) is 24.3 Å². The average molecular weight is 565 g/mol. The third-order valence-corrected chi connectivity index (χ3v) is 6.68. The van der Waals surface area contributed by atoms with Gasteiger partial charge in [-0.15, -0.1) is 10.2 Å². The van der Waals surface area contributed by atoms with Gasteiger partial charge < -0.3 is 9.80 Å². The first kappa shape index (κ1) is 27.8. The van der Waals surface area contributed by atoms with Crippen molar-refractivity contribution in [2.45, 2.75) is 0 Å². The van der Waals surface area contributed by atoms with E-state index in [0.717, 1.165) is 22.5 Å². The number of nitro benzene ring substituents is 2. The Morgan fingerprint density at radius 2 is 0.833 bits per heavy atom. The van der Waals surface area contributed by atoms with Crippen LogP contribution >= 0.6 is 0 Å². The second kappa shape index (κ2) is 11.4. The van der Waals surface area contributed by atoms with Crippen molar-refractivity contribution < 1.29 is 9.85 Å². The van der Waals surface area contributed by atoms with Gasteiger partial charge in [-0.2, -0.15) is 0 Å². The molecule has 0 aliphatic carbocycles. The lowest BCUT2D eigenvalue weighted by Gasteiger charge is -2.32. The minimum absolute atomic E-state index is 0.0411.